The third-order valence-corrected chi connectivity index (χ3v) is 11.7. The molecular weight excluding hydrogens is 418 g/mol. The van der Waals surface area contributed by atoms with Crippen molar-refractivity contribution in [2.24, 2.45) is 11.7 Å². The van der Waals surface area contributed by atoms with Crippen LogP contribution in [0.2, 0.25) is 18.1 Å². The summed E-state index contributed by atoms with van der Waals surface area (Å²) in [6.45, 7) is 19.0. The van der Waals surface area contributed by atoms with Gasteiger partial charge < -0.3 is 24.4 Å². The molecule has 1 aliphatic rings. The first kappa shape index (κ1) is 29.6. The first-order valence-electron chi connectivity index (χ1n) is 13.0. The lowest BCUT2D eigenvalue weighted by Crippen LogP contribution is -2.60. The number of ether oxygens (including phenoxy) is 3. The first-order chi connectivity index (χ1) is 15.0. The van der Waals surface area contributed by atoms with Crippen LogP contribution in [-0.4, -0.2) is 46.1 Å². The van der Waals surface area contributed by atoms with Crippen molar-refractivity contribution in [3.63, 3.8) is 0 Å². The quantitative estimate of drug-likeness (QED) is 0.162. The number of hydrogen-bond acceptors (Lipinski definition) is 5. The predicted octanol–water partition coefficient (Wildman–Crippen LogP) is 6.77. The number of allylic oxidation sites excluding steroid dienone is 1. The molecule has 1 rings (SSSR count). The lowest BCUT2D eigenvalue weighted by molar-refractivity contribution is -0.239. The van der Waals surface area contributed by atoms with E-state index in [-0.39, 0.29) is 29.2 Å². The molecule has 0 spiro atoms. The van der Waals surface area contributed by atoms with Gasteiger partial charge >= 0.3 is 0 Å². The van der Waals surface area contributed by atoms with Gasteiger partial charge in [-0.2, -0.15) is 0 Å². The Balaban J connectivity index is 2.60. The van der Waals surface area contributed by atoms with E-state index in [2.05, 4.69) is 47.7 Å². The molecule has 5 atom stereocenters. The second-order valence-corrected chi connectivity index (χ2v) is 15.8. The number of hydrogen-bond donors (Lipinski definition) is 1. The molecule has 0 aliphatic carbocycles. The summed E-state index contributed by atoms with van der Waals surface area (Å²) in [5.74, 6) is 0.147. The number of unbranched alkanes of at least 4 members (excludes halogenated alkanes) is 7. The second-order valence-electron chi connectivity index (χ2n) is 11.0. The molecular formula is C26H53NO4Si. The Morgan fingerprint density at radius 1 is 1.00 bits per heavy atom. The van der Waals surface area contributed by atoms with Crippen LogP contribution in [-0.2, 0) is 18.6 Å². The molecule has 190 valence electrons. The van der Waals surface area contributed by atoms with Gasteiger partial charge in [0.2, 0.25) is 6.29 Å². The summed E-state index contributed by atoms with van der Waals surface area (Å²) in [5.41, 5.74) is 6.54. The van der Waals surface area contributed by atoms with Gasteiger partial charge in [-0.15, -0.1) is 0 Å². The van der Waals surface area contributed by atoms with E-state index in [1.165, 1.54) is 44.9 Å². The van der Waals surface area contributed by atoms with Crippen molar-refractivity contribution in [2.45, 2.75) is 136 Å². The Morgan fingerprint density at radius 2 is 1.59 bits per heavy atom. The summed E-state index contributed by atoms with van der Waals surface area (Å²) >= 11 is 0. The standard InChI is InChI=1S/C26H53NO4Si/c1-9-11-12-13-14-15-16-17-19-28-24-21(3)22(20-30-32(7,8)26(4,5)6)31-25(23(24)27)29-18-10-2/h10,18,21-25H,9,11-17,19-20,27H2,1-8H3/b18-10-/t21?,22-,23-,24+,25+/m1/s1. The van der Waals surface area contributed by atoms with Gasteiger partial charge in [0.1, 0.15) is 0 Å². The van der Waals surface area contributed by atoms with Crippen LogP contribution in [0.1, 0.15) is 92.9 Å². The smallest absolute Gasteiger partial charge is 0.217 e. The van der Waals surface area contributed by atoms with E-state index < -0.39 is 14.6 Å². The SMILES string of the molecule is C/C=C\O[C@H]1O[C@H](CO[Si](C)(C)C(C)(C)C)C(C)[C@H](OCCCCCCCCCC)[C@H]1N. The molecule has 0 aromatic heterocycles. The third-order valence-electron chi connectivity index (χ3n) is 7.18. The molecule has 5 nitrogen and oxygen atoms in total. The van der Waals surface area contributed by atoms with Crippen LogP contribution in [0, 0.1) is 5.92 Å². The maximum Gasteiger partial charge on any atom is 0.217 e. The van der Waals surface area contributed by atoms with E-state index in [1.54, 1.807) is 6.26 Å². The number of rotatable bonds is 15. The van der Waals surface area contributed by atoms with Crippen LogP contribution in [0.5, 0.6) is 0 Å². The zero-order chi connectivity index (χ0) is 24.2. The predicted molar refractivity (Wildman–Crippen MR) is 137 cm³/mol. The molecule has 1 saturated heterocycles. The van der Waals surface area contributed by atoms with Gasteiger partial charge in [-0.05, 0) is 31.5 Å². The molecule has 6 heteroatoms. The van der Waals surface area contributed by atoms with E-state index in [1.807, 2.05) is 13.0 Å². The maximum atomic E-state index is 6.54. The molecule has 1 fully saturated rings. The summed E-state index contributed by atoms with van der Waals surface area (Å²) in [4.78, 5) is 0. The summed E-state index contributed by atoms with van der Waals surface area (Å²) in [7, 11) is -1.86. The normalized spacial score (nSPS) is 27.2. The highest BCUT2D eigenvalue weighted by atomic mass is 28.4. The Kier molecular flexibility index (Phi) is 13.7. The van der Waals surface area contributed by atoms with Crippen LogP contribution < -0.4 is 5.73 Å². The molecule has 32 heavy (non-hydrogen) atoms. The van der Waals surface area contributed by atoms with Crippen LogP contribution in [0.15, 0.2) is 12.3 Å². The first-order valence-corrected chi connectivity index (χ1v) is 15.9. The van der Waals surface area contributed by atoms with Gasteiger partial charge in [-0.25, -0.2) is 0 Å². The van der Waals surface area contributed by atoms with Gasteiger partial charge in [0.05, 0.1) is 31.1 Å². The van der Waals surface area contributed by atoms with E-state index >= 15 is 0 Å². The molecule has 0 amide bonds. The summed E-state index contributed by atoms with van der Waals surface area (Å²) in [5, 5.41) is 0.161. The monoisotopic (exact) mass is 471 g/mol. The van der Waals surface area contributed by atoms with E-state index in [0.717, 1.165) is 13.0 Å². The Labute approximate surface area is 199 Å². The maximum absolute atomic E-state index is 6.54. The van der Waals surface area contributed by atoms with Crippen molar-refractivity contribution in [3.05, 3.63) is 12.3 Å². The van der Waals surface area contributed by atoms with Crippen molar-refractivity contribution in [3.8, 4) is 0 Å². The van der Waals surface area contributed by atoms with E-state index in [0.29, 0.717) is 6.61 Å². The van der Waals surface area contributed by atoms with Crippen molar-refractivity contribution >= 4 is 8.32 Å². The average molecular weight is 472 g/mol. The van der Waals surface area contributed by atoms with Gasteiger partial charge in [0.25, 0.3) is 0 Å². The van der Waals surface area contributed by atoms with Crippen molar-refractivity contribution < 1.29 is 18.6 Å². The van der Waals surface area contributed by atoms with E-state index in [4.69, 9.17) is 24.4 Å². The minimum absolute atomic E-state index is 0.0947. The lowest BCUT2D eigenvalue weighted by atomic mass is 9.89. The summed E-state index contributed by atoms with van der Waals surface area (Å²) < 4.78 is 24.9. The van der Waals surface area contributed by atoms with Crippen molar-refractivity contribution in [1.29, 1.82) is 0 Å². The van der Waals surface area contributed by atoms with Gasteiger partial charge in [0.15, 0.2) is 8.32 Å². The van der Waals surface area contributed by atoms with Crippen LogP contribution >= 0.6 is 0 Å². The zero-order valence-electron chi connectivity index (χ0n) is 22.3. The highest BCUT2D eigenvalue weighted by Gasteiger charge is 2.45. The van der Waals surface area contributed by atoms with Crippen LogP contribution in [0.3, 0.4) is 0 Å². The fourth-order valence-electron chi connectivity index (χ4n) is 3.80. The minimum atomic E-state index is -1.86. The molecule has 1 aliphatic heterocycles. The Morgan fingerprint density at radius 3 is 2.16 bits per heavy atom. The minimum Gasteiger partial charge on any atom is -0.471 e. The van der Waals surface area contributed by atoms with Crippen molar-refractivity contribution in [2.75, 3.05) is 13.2 Å². The fraction of sp³-hybridized carbons (Fsp3) is 0.923. The molecule has 0 aromatic carbocycles. The van der Waals surface area contributed by atoms with Crippen LogP contribution in [0.25, 0.3) is 0 Å². The average Bonchev–Trinajstić information content (AvgIpc) is 2.72. The molecule has 1 unspecified atom stereocenters. The van der Waals surface area contributed by atoms with Crippen molar-refractivity contribution in [1.82, 2.24) is 0 Å². The van der Waals surface area contributed by atoms with E-state index in [9.17, 15) is 0 Å². The summed E-state index contributed by atoms with van der Waals surface area (Å²) in [6, 6.07) is -0.320. The van der Waals surface area contributed by atoms with Gasteiger partial charge in [0, 0.05) is 12.5 Å². The topological polar surface area (TPSA) is 62.9 Å². The molecule has 1 heterocycles. The Hall–Kier alpha value is -0.403. The molecule has 0 saturated carbocycles. The highest BCUT2D eigenvalue weighted by Crippen LogP contribution is 2.37. The highest BCUT2D eigenvalue weighted by molar-refractivity contribution is 6.74. The second kappa shape index (κ2) is 14.8. The lowest BCUT2D eigenvalue weighted by Gasteiger charge is -2.45. The van der Waals surface area contributed by atoms with Gasteiger partial charge in [-0.1, -0.05) is 85.6 Å². The van der Waals surface area contributed by atoms with Crippen LogP contribution in [0.4, 0.5) is 0 Å². The molecule has 0 aromatic rings. The molecule has 0 radical (unpaired) electrons. The van der Waals surface area contributed by atoms with Gasteiger partial charge in [-0.3, -0.25) is 0 Å². The zero-order valence-corrected chi connectivity index (χ0v) is 23.3. The fourth-order valence-corrected chi connectivity index (χ4v) is 4.81. The molecule has 2 N–H and O–H groups in total. The summed E-state index contributed by atoms with van der Waals surface area (Å²) in [6.07, 6.45) is 13.1. The Bertz CT molecular complexity index is 520. The largest absolute Gasteiger partial charge is 0.471 e. The molecule has 0 bridgehead atoms. The number of nitrogens with two attached hydrogens (primary N) is 1. The third kappa shape index (κ3) is 9.84.